The molecule has 10 heavy (non-hydrogen) atoms. The minimum absolute atomic E-state index is 0.258. The lowest BCUT2D eigenvalue weighted by molar-refractivity contribution is 0.224. The number of aliphatic hydroxyl groups excluding tert-OH is 1. The van der Waals surface area contributed by atoms with Crippen LogP contribution in [0.3, 0.4) is 0 Å². The molecule has 0 atom stereocenters. The van der Waals surface area contributed by atoms with Gasteiger partial charge in [-0.15, -0.1) is 0 Å². The van der Waals surface area contributed by atoms with Crippen LogP contribution in [0.5, 0.6) is 0 Å². The molecule has 0 spiro atoms. The third kappa shape index (κ3) is 4.77. The molecule has 0 fully saturated rings. The number of unbranched alkanes of at least 4 members (excludes halogenated alkanes) is 1. The van der Waals surface area contributed by atoms with Crippen molar-refractivity contribution in [2.75, 3.05) is 19.7 Å². The predicted molar refractivity (Wildman–Crippen MR) is 43.5 cm³/mol. The quantitative estimate of drug-likeness (QED) is 0.606. The van der Waals surface area contributed by atoms with Gasteiger partial charge in [-0.25, -0.2) is 0 Å². The highest BCUT2D eigenvalue weighted by Gasteiger charge is 1.98. The molecule has 0 aromatic carbocycles. The van der Waals surface area contributed by atoms with Gasteiger partial charge >= 0.3 is 0 Å². The molecule has 2 heteroatoms. The van der Waals surface area contributed by atoms with Crippen LogP contribution in [0.25, 0.3) is 0 Å². The van der Waals surface area contributed by atoms with E-state index in [0.29, 0.717) is 0 Å². The first-order chi connectivity index (χ1) is 4.85. The molecule has 0 saturated carbocycles. The Morgan fingerprint density at radius 2 is 2.10 bits per heavy atom. The van der Waals surface area contributed by atoms with Gasteiger partial charge in [0.2, 0.25) is 0 Å². The number of nitrogens with zero attached hydrogens (tertiary/aromatic N) is 1. The van der Waals surface area contributed by atoms with Crippen molar-refractivity contribution >= 4 is 0 Å². The Hall–Kier alpha value is -0.0800. The van der Waals surface area contributed by atoms with Gasteiger partial charge in [0.1, 0.15) is 0 Å². The normalized spacial score (nSPS) is 10.8. The molecule has 0 amide bonds. The molecular formula is C8H18NO. The van der Waals surface area contributed by atoms with Crippen LogP contribution in [-0.4, -0.2) is 29.7 Å². The largest absolute Gasteiger partial charge is 0.395 e. The average Bonchev–Trinajstić information content (AvgIpc) is 1.98. The van der Waals surface area contributed by atoms with E-state index < -0.39 is 0 Å². The van der Waals surface area contributed by atoms with Gasteiger partial charge in [0.25, 0.3) is 0 Å². The van der Waals surface area contributed by atoms with Crippen molar-refractivity contribution in [1.82, 2.24) is 4.90 Å². The van der Waals surface area contributed by atoms with E-state index in [2.05, 4.69) is 25.3 Å². The Morgan fingerprint density at radius 1 is 1.40 bits per heavy atom. The van der Waals surface area contributed by atoms with Crippen LogP contribution in [0.1, 0.15) is 26.7 Å². The van der Waals surface area contributed by atoms with Crippen molar-refractivity contribution in [1.29, 1.82) is 0 Å². The summed E-state index contributed by atoms with van der Waals surface area (Å²) in [6.45, 7) is 8.45. The van der Waals surface area contributed by atoms with E-state index in [1.165, 1.54) is 6.42 Å². The van der Waals surface area contributed by atoms with Gasteiger partial charge < -0.3 is 5.11 Å². The lowest BCUT2D eigenvalue weighted by Crippen LogP contribution is -2.23. The fraction of sp³-hybridized carbons (Fsp3) is 0.875. The lowest BCUT2D eigenvalue weighted by Gasteiger charge is -2.17. The Morgan fingerprint density at radius 3 is 2.50 bits per heavy atom. The van der Waals surface area contributed by atoms with Gasteiger partial charge in [-0.2, -0.15) is 0 Å². The summed E-state index contributed by atoms with van der Waals surface area (Å²) in [5.41, 5.74) is 0. The van der Waals surface area contributed by atoms with E-state index in [9.17, 15) is 0 Å². The first-order valence-electron chi connectivity index (χ1n) is 4.03. The summed E-state index contributed by atoms with van der Waals surface area (Å²) in [4.78, 5) is 2.14. The topological polar surface area (TPSA) is 23.5 Å². The molecule has 0 heterocycles. The predicted octanol–water partition coefficient (Wildman–Crippen LogP) is 1.26. The van der Waals surface area contributed by atoms with Crippen molar-refractivity contribution in [2.24, 2.45) is 0 Å². The number of hydrogen-bond acceptors (Lipinski definition) is 2. The van der Waals surface area contributed by atoms with Gasteiger partial charge in [0.05, 0.1) is 6.61 Å². The SMILES string of the molecule is CCC[CH]N(CC)CCO. The summed E-state index contributed by atoms with van der Waals surface area (Å²) in [5, 5.41) is 8.61. The van der Waals surface area contributed by atoms with E-state index in [1.54, 1.807) is 0 Å². The van der Waals surface area contributed by atoms with Crippen molar-refractivity contribution < 1.29 is 5.11 Å². The molecule has 0 saturated heterocycles. The second kappa shape index (κ2) is 7.03. The Kier molecular flexibility index (Phi) is 6.98. The number of likely N-dealkylation sites (N-methyl/N-ethyl adjacent to an activating group) is 1. The molecule has 0 rings (SSSR count). The van der Waals surface area contributed by atoms with Crippen molar-refractivity contribution in [2.45, 2.75) is 26.7 Å². The van der Waals surface area contributed by atoms with Crippen LogP contribution in [0, 0.1) is 6.54 Å². The summed E-state index contributed by atoms with van der Waals surface area (Å²) < 4.78 is 0. The first-order valence-corrected chi connectivity index (χ1v) is 4.03. The highest BCUT2D eigenvalue weighted by molar-refractivity contribution is 4.65. The molecule has 0 aliphatic rings. The maximum absolute atomic E-state index is 8.61. The zero-order chi connectivity index (χ0) is 7.82. The second-order valence-electron chi connectivity index (χ2n) is 2.32. The van der Waals surface area contributed by atoms with Gasteiger partial charge in [0, 0.05) is 13.1 Å². The second-order valence-corrected chi connectivity index (χ2v) is 2.32. The zero-order valence-corrected chi connectivity index (χ0v) is 7.01. The van der Waals surface area contributed by atoms with Gasteiger partial charge in [0.15, 0.2) is 0 Å². The summed E-state index contributed by atoms with van der Waals surface area (Å²) in [7, 11) is 0. The van der Waals surface area contributed by atoms with Crippen LogP contribution in [0.15, 0.2) is 0 Å². The summed E-state index contributed by atoms with van der Waals surface area (Å²) in [5.74, 6) is 0. The van der Waals surface area contributed by atoms with E-state index in [1.807, 2.05) is 0 Å². The minimum atomic E-state index is 0.258. The molecule has 0 bridgehead atoms. The molecule has 0 aromatic rings. The Bertz CT molecular complexity index is 66.3. The molecule has 2 nitrogen and oxygen atoms in total. The maximum atomic E-state index is 8.61. The van der Waals surface area contributed by atoms with E-state index in [-0.39, 0.29) is 6.61 Å². The van der Waals surface area contributed by atoms with E-state index >= 15 is 0 Å². The number of hydrogen-bond donors (Lipinski definition) is 1. The Labute approximate surface area is 63.8 Å². The smallest absolute Gasteiger partial charge is 0.0558 e. The number of aliphatic hydroxyl groups is 1. The van der Waals surface area contributed by atoms with Crippen molar-refractivity contribution in [3.63, 3.8) is 0 Å². The molecule has 0 aromatic heterocycles. The molecule has 0 unspecified atom stereocenters. The third-order valence-corrected chi connectivity index (χ3v) is 1.47. The first kappa shape index (κ1) is 9.92. The van der Waals surface area contributed by atoms with Crippen LogP contribution < -0.4 is 0 Å². The summed E-state index contributed by atoms with van der Waals surface area (Å²) >= 11 is 0. The molecule has 0 aliphatic carbocycles. The summed E-state index contributed by atoms with van der Waals surface area (Å²) in [6.07, 6.45) is 2.30. The summed E-state index contributed by atoms with van der Waals surface area (Å²) in [6, 6.07) is 0. The molecule has 0 aliphatic heterocycles. The maximum Gasteiger partial charge on any atom is 0.0558 e. The van der Waals surface area contributed by atoms with Gasteiger partial charge in [-0.05, 0) is 13.0 Å². The van der Waals surface area contributed by atoms with E-state index in [4.69, 9.17) is 5.11 Å². The van der Waals surface area contributed by atoms with Crippen molar-refractivity contribution in [3.8, 4) is 0 Å². The van der Waals surface area contributed by atoms with E-state index in [0.717, 1.165) is 19.5 Å². The highest BCUT2D eigenvalue weighted by atomic mass is 16.3. The standard InChI is InChI=1S/C8H18NO/c1-3-5-6-9(4-2)7-8-10/h6,10H,3-5,7-8H2,1-2H3. The van der Waals surface area contributed by atoms with Crippen LogP contribution in [-0.2, 0) is 0 Å². The fourth-order valence-electron chi connectivity index (χ4n) is 0.819. The monoisotopic (exact) mass is 144 g/mol. The van der Waals surface area contributed by atoms with Gasteiger partial charge in [-0.1, -0.05) is 20.3 Å². The molecule has 61 valence electrons. The fourth-order valence-corrected chi connectivity index (χ4v) is 0.819. The van der Waals surface area contributed by atoms with Crippen LogP contribution in [0.4, 0.5) is 0 Å². The van der Waals surface area contributed by atoms with Crippen LogP contribution >= 0.6 is 0 Å². The van der Waals surface area contributed by atoms with Gasteiger partial charge in [-0.3, -0.25) is 4.90 Å². The minimum Gasteiger partial charge on any atom is -0.395 e. The molecular weight excluding hydrogens is 126 g/mol. The molecule has 1 N–H and O–H groups in total. The van der Waals surface area contributed by atoms with Crippen LogP contribution in [0.2, 0.25) is 0 Å². The average molecular weight is 144 g/mol. The zero-order valence-electron chi connectivity index (χ0n) is 7.01. The number of rotatable bonds is 6. The lowest BCUT2D eigenvalue weighted by atomic mass is 10.3. The molecule has 1 radical (unpaired) electrons. The Balaban J connectivity index is 3.21. The highest BCUT2D eigenvalue weighted by Crippen LogP contribution is 1.98. The van der Waals surface area contributed by atoms with Crippen molar-refractivity contribution in [3.05, 3.63) is 6.54 Å². The third-order valence-electron chi connectivity index (χ3n) is 1.47.